The Bertz CT molecular complexity index is 848. The Morgan fingerprint density at radius 2 is 1.77 bits per heavy atom. The molecule has 2 aromatic carbocycles. The molecule has 0 saturated heterocycles. The summed E-state index contributed by atoms with van der Waals surface area (Å²) in [5.41, 5.74) is 1.53. The molecule has 5 nitrogen and oxygen atoms in total. The van der Waals surface area contributed by atoms with Crippen LogP contribution in [0.4, 0.5) is 11.4 Å². The fourth-order valence-corrected chi connectivity index (χ4v) is 4.49. The van der Waals surface area contributed by atoms with Crippen molar-refractivity contribution in [1.29, 1.82) is 0 Å². The molecule has 160 valence electrons. The molecule has 2 N–H and O–H groups in total. The number of thioether (sulfide) groups is 1. The van der Waals surface area contributed by atoms with E-state index in [0.29, 0.717) is 6.61 Å². The van der Waals surface area contributed by atoms with Crippen LogP contribution in [-0.4, -0.2) is 23.7 Å². The van der Waals surface area contributed by atoms with E-state index in [1.54, 1.807) is 0 Å². The molecule has 1 saturated carbocycles. The molecule has 1 aliphatic rings. The fourth-order valence-electron chi connectivity index (χ4n) is 3.56. The molecule has 0 bridgehead atoms. The van der Waals surface area contributed by atoms with E-state index in [-0.39, 0.29) is 23.0 Å². The minimum atomic E-state index is -0.277. The van der Waals surface area contributed by atoms with Crippen molar-refractivity contribution >= 4 is 35.0 Å². The molecule has 3 rings (SSSR count). The van der Waals surface area contributed by atoms with Crippen LogP contribution in [0.5, 0.6) is 5.75 Å². The van der Waals surface area contributed by atoms with Gasteiger partial charge < -0.3 is 15.4 Å². The highest BCUT2D eigenvalue weighted by molar-refractivity contribution is 8.00. The van der Waals surface area contributed by atoms with Gasteiger partial charge in [-0.05, 0) is 69.2 Å². The molecule has 0 spiro atoms. The van der Waals surface area contributed by atoms with Gasteiger partial charge in [0.15, 0.2) is 0 Å². The van der Waals surface area contributed by atoms with Crippen molar-refractivity contribution in [2.45, 2.75) is 56.1 Å². The van der Waals surface area contributed by atoms with Gasteiger partial charge in [0, 0.05) is 22.2 Å². The van der Waals surface area contributed by atoms with Gasteiger partial charge in [-0.3, -0.25) is 9.59 Å². The van der Waals surface area contributed by atoms with E-state index in [1.807, 2.05) is 62.4 Å². The van der Waals surface area contributed by atoms with Crippen molar-refractivity contribution in [3.63, 3.8) is 0 Å². The zero-order chi connectivity index (χ0) is 21.3. The van der Waals surface area contributed by atoms with Crippen molar-refractivity contribution in [2.75, 3.05) is 17.2 Å². The summed E-state index contributed by atoms with van der Waals surface area (Å²) in [6.45, 7) is 4.42. The van der Waals surface area contributed by atoms with E-state index in [2.05, 4.69) is 10.6 Å². The Morgan fingerprint density at radius 3 is 2.47 bits per heavy atom. The lowest BCUT2D eigenvalue weighted by atomic mass is 9.88. The number of amides is 2. The topological polar surface area (TPSA) is 67.4 Å². The third-order valence-electron chi connectivity index (χ3n) is 5.19. The van der Waals surface area contributed by atoms with Crippen molar-refractivity contribution in [3.8, 4) is 5.75 Å². The van der Waals surface area contributed by atoms with E-state index in [1.165, 1.54) is 18.2 Å². The number of hydrogen-bond donors (Lipinski definition) is 2. The molecule has 30 heavy (non-hydrogen) atoms. The molecular formula is C24H30N2O3S. The average Bonchev–Trinajstić information content (AvgIpc) is 2.76. The van der Waals surface area contributed by atoms with E-state index < -0.39 is 0 Å². The van der Waals surface area contributed by atoms with Crippen LogP contribution in [0.3, 0.4) is 0 Å². The standard InChI is InChI=1S/C24H30N2O3S/c1-3-29-21-14-12-19(13-15-21)25-23(27)17(2)30-22-11-7-10-20(16-22)26-24(28)18-8-5-4-6-9-18/h7,10-18H,3-6,8-9H2,1-2H3,(H,25,27)(H,26,28). The minimum absolute atomic E-state index is 0.0687. The number of benzene rings is 2. The van der Waals surface area contributed by atoms with Gasteiger partial charge in [-0.15, -0.1) is 11.8 Å². The van der Waals surface area contributed by atoms with Crippen LogP contribution in [0.2, 0.25) is 0 Å². The Kier molecular flexibility index (Phi) is 8.20. The molecule has 0 heterocycles. The zero-order valence-electron chi connectivity index (χ0n) is 17.6. The van der Waals surface area contributed by atoms with Crippen LogP contribution in [0.25, 0.3) is 0 Å². The van der Waals surface area contributed by atoms with Crippen molar-refractivity contribution in [3.05, 3.63) is 48.5 Å². The highest BCUT2D eigenvalue weighted by Gasteiger charge is 2.21. The minimum Gasteiger partial charge on any atom is -0.494 e. The van der Waals surface area contributed by atoms with Crippen LogP contribution < -0.4 is 15.4 Å². The number of hydrogen-bond acceptors (Lipinski definition) is 4. The van der Waals surface area contributed by atoms with Crippen LogP contribution in [0.1, 0.15) is 46.0 Å². The average molecular weight is 427 g/mol. The molecule has 2 aromatic rings. The molecule has 2 amide bonds. The first-order valence-corrected chi connectivity index (χ1v) is 11.5. The van der Waals surface area contributed by atoms with Gasteiger partial charge in [-0.1, -0.05) is 25.3 Å². The van der Waals surface area contributed by atoms with Gasteiger partial charge in [0.25, 0.3) is 0 Å². The van der Waals surface area contributed by atoms with Gasteiger partial charge in [-0.2, -0.15) is 0 Å². The molecule has 0 aliphatic heterocycles. The first-order chi connectivity index (χ1) is 14.5. The smallest absolute Gasteiger partial charge is 0.237 e. The van der Waals surface area contributed by atoms with Crippen molar-refractivity contribution < 1.29 is 14.3 Å². The summed E-state index contributed by atoms with van der Waals surface area (Å²) in [6.07, 6.45) is 5.45. The maximum atomic E-state index is 12.6. The normalized spacial score (nSPS) is 15.3. The third kappa shape index (κ3) is 6.52. The first-order valence-electron chi connectivity index (χ1n) is 10.7. The predicted octanol–water partition coefficient (Wildman–Crippen LogP) is 5.72. The molecule has 0 aromatic heterocycles. The summed E-state index contributed by atoms with van der Waals surface area (Å²) >= 11 is 1.47. The molecule has 1 fully saturated rings. The largest absolute Gasteiger partial charge is 0.494 e. The van der Waals surface area contributed by atoms with E-state index in [4.69, 9.17) is 4.74 Å². The Balaban J connectivity index is 1.54. The summed E-state index contributed by atoms with van der Waals surface area (Å²) in [6, 6.07) is 15.1. The lowest BCUT2D eigenvalue weighted by Gasteiger charge is -2.21. The molecule has 0 radical (unpaired) electrons. The molecular weight excluding hydrogens is 396 g/mol. The highest BCUT2D eigenvalue weighted by atomic mass is 32.2. The highest BCUT2D eigenvalue weighted by Crippen LogP contribution is 2.29. The number of nitrogens with one attached hydrogen (secondary N) is 2. The van der Waals surface area contributed by atoms with E-state index in [0.717, 1.165) is 47.7 Å². The van der Waals surface area contributed by atoms with E-state index >= 15 is 0 Å². The van der Waals surface area contributed by atoms with Gasteiger partial charge >= 0.3 is 0 Å². The predicted molar refractivity (Wildman–Crippen MR) is 123 cm³/mol. The first kappa shape index (κ1) is 22.2. The number of rotatable bonds is 8. The van der Waals surface area contributed by atoms with Crippen LogP contribution >= 0.6 is 11.8 Å². The fraction of sp³-hybridized carbons (Fsp3) is 0.417. The summed E-state index contributed by atoms with van der Waals surface area (Å²) in [7, 11) is 0. The lowest BCUT2D eigenvalue weighted by Crippen LogP contribution is -2.24. The van der Waals surface area contributed by atoms with Crippen LogP contribution in [-0.2, 0) is 9.59 Å². The van der Waals surface area contributed by atoms with Gasteiger partial charge in [-0.25, -0.2) is 0 Å². The summed E-state index contributed by atoms with van der Waals surface area (Å²) in [5.74, 6) is 0.942. The third-order valence-corrected chi connectivity index (χ3v) is 6.29. The second-order valence-electron chi connectivity index (χ2n) is 7.56. The molecule has 1 unspecified atom stereocenters. The monoisotopic (exact) mass is 426 g/mol. The Hall–Kier alpha value is -2.47. The summed E-state index contributed by atoms with van der Waals surface area (Å²) < 4.78 is 5.42. The number of carbonyl (C=O) groups excluding carboxylic acids is 2. The zero-order valence-corrected chi connectivity index (χ0v) is 18.5. The maximum absolute atomic E-state index is 12.6. The summed E-state index contributed by atoms with van der Waals surface area (Å²) in [5, 5.41) is 5.70. The number of carbonyl (C=O) groups is 2. The second kappa shape index (κ2) is 11.1. The second-order valence-corrected chi connectivity index (χ2v) is 8.97. The molecule has 1 atom stereocenters. The molecule has 1 aliphatic carbocycles. The number of ether oxygens (including phenoxy) is 1. The SMILES string of the molecule is CCOc1ccc(NC(=O)C(C)Sc2cccc(NC(=O)C3CCCCC3)c2)cc1. The number of anilines is 2. The van der Waals surface area contributed by atoms with E-state index in [9.17, 15) is 9.59 Å². The van der Waals surface area contributed by atoms with Gasteiger partial charge in [0.05, 0.1) is 11.9 Å². The summed E-state index contributed by atoms with van der Waals surface area (Å²) in [4.78, 5) is 26.0. The van der Waals surface area contributed by atoms with Gasteiger partial charge in [0.1, 0.15) is 5.75 Å². The maximum Gasteiger partial charge on any atom is 0.237 e. The van der Waals surface area contributed by atoms with Gasteiger partial charge in [0.2, 0.25) is 11.8 Å². The van der Waals surface area contributed by atoms with Crippen LogP contribution in [0, 0.1) is 5.92 Å². The Morgan fingerprint density at radius 1 is 1.03 bits per heavy atom. The molecule has 6 heteroatoms. The quantitative estimate of drug-likeness (QED) is 0.530. The van der Waals surface area contributed by atoms with Crippen molar-refractivity contribution in [2.24, 2.45) is 5.92 Å². The Labute approximate surface area is 183 Å². The lowest BCUT2D eigenvalue weighted by molar-refractivity contribution is -0.120. The van der Waals surface area contributed by atoms with Crippen LogP contribution in [0.15, 0.2) is 53.4 Å². The van der Waals surface area contributed by atoms with Crippen molar-refractivity contribution in [1.82, 2.24) is 0 Å².